The highest BCUT2D eigenvalue weighted by molar-refractivity contribution is 7.28. The lowest BCUT2D eigenvalue weighted by Gasteiger charge is -2.21. The summed E-state index contributed by atoms with van der Waals surface area (Å²) in [5.74, 6) is 0.651. The van der Waals surface area contributed by atoms with Crippen LogP contribution in [0.5, 0.6) is 0 Å². The van der Waals surface area contributed by atoms with E-state index in [1.165, 1.54) is 57.0 Å². The topological polar surface area (TPSA) is 12.9 Å². The maximum Gasteiger partial charge on any atom is 0.0880 e. The molecule has 0 saturated carbocycles. The maximum absolute atomic E-state index is 4.94. The molecule has 6 rings (SSSR count). The first-order valence-electron chi connectivity index (χ1n) is 11.5. The van der Waals surface area contributed by atoms with Gasteiger partial charge in [-0.25, -0.2) is 0 Å². The molecule has 0 aliphatic carbocycles. The van der Waals surface area contributed by atoms with Crippen molar-refractivity contribution in [3.8, 4) is 11.3 Å². The zero-order valence-corrected chi connectivity index (χ0v) is 22.1. The van der Waals surface area contributed by atoms with Gasteiger partial charge in [-0.3, -0.25) is 4.98 Å². The molecule has 0 amide bonds. The molecular formula is C29H27NS3. The second-order valence-corrected chi connectivity index (χ2v) is 13.3. The van der Waals surface area contributed by atoms with Gasteiger partial charge in [0.2, 0.25) is 0 Å². The molecule has 0 aliphatic heterocycles. The van der Waals surface area contributed by atoms with Crippen LogP contribution in [0.3, 0.4) is 0 Å². The summed E-state index contributed by atoms with van der Waals surface area (Å²) in [5, 5.41) is 10.0. The van der Waals surface area contributed by atoms with E-state index in [1.54, 1.807) is 0 Å². The Kier molecular flexibility index (Phi) is 4.92. The molecule has 4 heterocycles. The summed E-state index contributed by atoms with van der Waals surface area (Å²) in [6.45, 7) is 11.5. The van der Waals surface area contributed by atoms with Gasteiger partial charge in [-0.05, 0) is 75.4 Å². The fourth-order valence-electron chi connectivity index (χ4n) is 4.92. The summed E-state index contributed by atoms with van der Waals surface area (Å²) in [7, 11) is 0. The van der Waals surface area contributed by atoms with Crippen LogP contribution in [0.15, 0.2) is 53.4 Å². The van der Waals surface area contributed by atoms with Crippen LogP contribution in [-0.4, -0.2) is 4.98 Å². The largest absolute Gasteiger partial charge is 0.255 e. The van der Waals surface area contributed by atoms with Crippen molar-refractivity contribution >= 4 is 74.4 Å². The van der Waals surface area contributed by atoms with Gasteiger partial charge in [-0.2, -0.15) is 0 Å². The van der Waals surface area contributed by atoms with Gasteiger partial charge >= 0.3 is 0 Å². The summed E-state index contributed by atoms with van der Waals surface area (Å²) in [6.07, 6.45) is 3.12. The molecule has 1 nitrogen and oxygen atoms in total. The Bertz CT molecular complexity index is 1650. The predicted octanol–water partition coefficient (Wildman–Crippen LogP) is 10.0. The molecule has 0 aliphatic rings. The van der Waals surface area contributed by atoms with E-state index < -0.39 is 0 Å². The van der Waals surface area contributed by atoms with Crippen LogP contribution < -0.4 is 0 Å². The third-order valence-corrected chi connectivity index (χ3v) is 9.63. The summed E-state index contributed by atoms with van der Waals surface area (Å²) in [4.78, 5) is 4.94. The van der Waals surface area contributed by atoms with Crippen LogP contribution >= 0.6 is 34.0 Å². The van der Waals surface area contributed by atoms with Gasteiger partial charge in [0.25, 0.3) is 0 Å². The second-order valence-electron chi connectivity index (χ2n) is 10.4. The van der Waals surface area contributed by atoms with Gasteiger partial charge in [0, 0.05) is 42.0 Å². The molecule has 0 N–H and O–H groups in total. The summed E-state index contributed by atoms with van der Waals surface area (Å²) in [6, 6.07) is 13.8. The molecule has 0 atom stereocenters. The monoisotopic (exact) mass is 485 g/mol. The highest BCUT2D eigenvalue weighted by Gasteiger charge is 2.21. The van der Waals surface area contributed by atoms with Crippen molar-refractivity contribution in [2.24, 2.45) is 5.92 Å². The fourth-order valence-corrected chi connectivity index (χ4v) is 8.46. The molecule has 0 bridgehead atoms. The van der Waals surface area contributed by atoms with Gasteiger partial charge in [-0.15, -0.1) is 34.0 Å². The normalized spacial score (nSPS) is 12.8. The molecular weight excluding hydrogens is 459 g/mol. The number of rotatable bonds is 3. The Morgan fingerprint density at radius 1 is 0.909 bits per heavy atom. The summed E-state index contributed by atoms with van der Waals surface area (Å²) >= 11 is 5.65. The fraction of sp³-hybridized carbons (Fsp3) is 0.276. The third kappa shape index (κ3) is 3.42. The molecule has 2 aromatic carbocycles. The Hall–Kier alpha value is -2.27. The van der Waals surface area contributed by atoms with Crippen molar-refractivity contribution in [1.82, 2.24) is 4.98 Å². The minimum absolute atomic E-state index is 0.0851. The van der Waals surface area contributed by atoms with Crippen molar-refractivity contribution in [2.45, 2.75) is 46.5 Å². The molecule has 166 valence electrons. The number of hydrogen-bond donors (Lipinski definition) is 0. The number of hydrogen-bond acceptors (Lipinski definition) is 4. The number of thiophene rings is 3. The SMILES string of the molecule is CC(C)Cc1csc2ccc3c4ccnc(-c5cc(C(C)(C)C)c6sccc6c5)c4sc3c12. The average molecular weight is 486 g/mol. The minimum atomic E-state index is 0.0851. The number of fused-ring (bicyclic) bond motifs is 6. The number of benzene rings is 2. The zero-order chi connectivity index (χ0) is 22.9. The van der Waals surface area contributed by atoms with E-state index in [2.05, 4.69) is 81.8 Å². The quantitative estimate of drug-likeness (QED) is 0.243. The van der Waals surface area contributed by atoms with Crippen LogP contribution in [-0.2, 0) is 11.8 Å². The highest BCUT2D eigenvalue weighted by Crippen LogP contribution is 2.45. The van der Waals surface area contributed by atoms with E-state index in [0.29, 0.717) is 5.92 Å². The van der Waals surface area contributed by atoms with Crippen molar-refractivity contribution in [3.05, 3.63) is 64.5 Å². The Morgan fingerprint density at radius 2 is 1.73 bits per heavy atom. The molecule has 0 spiro atoms. The van der Waals surface area contributed by atoms with Crippen molar-refractivity contribution in [3.63, 3.8) is 0 Å². The first kappa shape index (κ1) is 21.3. The molecule has 0 fully saturated rings. The first-order chi connectivity index (χ1) is 15.8. The van der Waals surface area contributed by atoms with E-state index in [4.69, 9.17) is 4.98 Å². The van der Waals surface area contributed by atoms with E-state index in [0.717, 1.165) is 12.1 Å². The van der Waals surface area contributed by atoms with Crippen LogP contribution in [0.4, 0.5) is 0 Å². The summed E-state index contributed by atoms with van der Waals surface area (Å²) in [5.41, 5.74) is 5.32. The molecule has 0 radical (unpaired) electrons. The number of pyridine rings is 1. The minimum Gasteiger partial charge on any atom is -0.255 e. The standard InChI is InChI=1S/C29H27NS3/c1-16(2)12-19-15-32-23-7-6-20-21-8-10-30-25(28(21)33-27(20)24(19)23)18-13-17-9-11-31-26(17)22(14-18)29(3,4)5/h6-11,13-16H,12H2,1-5H3. The van der Waals surface area contributed by atoms with E-state index in [1.807, 2.05) is 40.2 Å². The molecule has 0 unspecified atom stereocenters. The van der Waals surface area contributed by atoms with E-state index in [9.17, 15) is 0 Å². The Balaban J connectivity index is 1.66. The van der Waals surface area contributed by atoms with Crippen LogP contribution in [0.25, 0.3) is 51.6 Å². The lowest BCUT2D eigenvalue weighted by Crippen LogP contribution is -2.11. The molecule has 4 heteroatoms. The predicted molar refractivity (Wildman–Crippen MR) is 151 cm³/mol. The summed E-state index contributed by atoms with van der Waals surface area (Å²) < 4.78 is 5.51. The van der Waals surface area contributed by atoms with Crippen molar-refractivity contribution in [2.75, 3.05) is 0 Å². The highest BCUT2D eigenvalue weighted by atomic mass is 32.1. The Morgan fingerprint density at radius 3 is 2.52 bits per heavy atom. The third-order valence-electron chi connectivity index (χ3n) is 6.43. The van der Waals surface area contributed by atoms with Gasteiger partial charge in [0.1, 0.15) is 0 Å². The van der Waals surface area contributed by atoms with Gasteiger partial charge in [0.15, 0.2) is 0 Å². The van der Waals surface area contributed by atoms with E-state index >= 15 is 0 Å². The van der Waals surface area contributed by atoms with Crippen molar-refractivity contribution in [1.29, 1.82) is 0 Å². The lowest BCUT2D eigenvalue weighted by molar-refractivity contribution is 0.597. The maximum atomic E-state index is 4.94. The molecule has 33 heavy (non-hydrogen) atoms. The van der Waals surface area contributed by atoms with Crippen LogP contribution in [0.2, 0.25) is 0 Å². The zero-order valence-electron chi connectivity index (χ0n) is 19.7. The molecule has 0 saturated heterocycles. The second kappa shape index (κ2) is 7.63. The van der Waals surface area contributed by atoms with Gasteiger partial charge < -0.3 is 0 Å². The molecule has 4 aromatic heterocycles. The van der Waals surface area contributed by atoms with Crippen LogP contribution in [0, 0.1) is 5.92 Å². The smallest absolute Gasteiger partial charge is 0.0880 e. The lowest BCUT2D eigenvalue weighted by atomic mass is 9.85. The van der Waals surface area contributed by atoms with Crippen molar-refractivity contribution < 1.29 is 0 Å². The van der Waals surface area contributed by atoms with Gasteiger partial charge in [-0.1, -0.05) is 40.7 Å². The number of aromatic nitrogens is 1. The van der Waals surface area contributed by atoms with Crippen LogP contribution in [0.1, 0.15) is 45.7 Å². The number of nitrogens with zero attached hydrogens (tertiary/aromatic N) is 1. The van der Waals surface area contributed by atoms with Gasteiger partial charge in [0.05, 0.1) is 10.4 Å². The Labute approximate surface area is 206 Å². The average Bonchev–Trinajstić information content (AvgIpc) is 3.47. The molecule has 6 aromatic rings. The van der Waals surface area contributed by atoms with E-state index in [-0.39, 0.29) is 5.41 Å². The first-order valence-corrected chi connectivity index (χ1v) is 14.1.